The van der Waals surface area contributed by atoms with Gasteiger partial charge in [-0.1, -0.05) is 12.2 Å². The van der Waals surface area contributed by atoms with Crippen LogP contribution in [0.4, 0.5) is 5.82 Å². The van der Waals surface area contributed by atoms with Crippen LogP contribution in [0.5, 0.6) is 0 Å². The number of halogens is 2. The fourth-order valence-corrected chi connectivity index (χ4v) is 3.45. The molecule has 2 aliphatic rings. The smallest absolute Gasteiger partial charge is 0.224 e. The molecule has 3 rings (SSSR count). The number of hydrogen-bond donors (Lipinski definition) is 2. The number of nitrogens with zero attached hydrogens (tertiary/aromatic N) is 2. The minimum absolute atomic E-state index is 0.0326. The summed E-state index contributed by atoms with van der Waals surface area (Å²) in [5, 5.41) is 3.44. The van der Waals surface area contributed by atoms with E-state index in [0.717, 1.165) is 6.42 Å². The van der Waals surface area contributed by atoms with Crippen LogP contribution in [0.1, 0.15) is 6.42 Å². The van der Waals surface area contributed by atoms with Crippen LogP contribution in [0.25, 0.3) is 0 Å². The third-order valence-corrected chi connectivity index (χ3v) is 4.57. The van der Waals surface area contributed by atoms with Crippen LogP contribution in [0.3, 0.4) is 0 Å². The van der Waals surface area contributed by atoms with Crippen LogP contribution in [0.15, 0.2) is 22.8 Å². The van der Waals surface area contributed by atoms with Gasteiger partial charge in [0.15, 0.2) is 0 Å². The zero-order chi connectivity index (χ0) is 13.6. The van der Waals surface area contributed by atoms with Crippen LogP contribution >= 0.6 is 27.5 Å². The van der Waals surface area contributed by atoms with Crippen molar-refractivity contribution in [3.63, 3.8) is 0 Å². The minimum Gasteiger partial charge on any atom is -0.369 e. The lowest BCUT2D eigenvalue weighted by atomic mass is 9.88. The zero-order valence-electron chi connectivity index (χ0n) is 9.88. The first-order chi connectivity index (χ1) is 9.06. The number of anilines is 1. The van der Waals surface area contributed by atoms with E-state index < -0.39 is 0 Å². The van der Waals surface area contributed by atoms with Crippen molar-refractivity contribution in [1.29, 1.82) is 0 Å². The molecule has 19 heavy (non-hydrogen) atoms. The number of carbonyl (C=O) groups excluding carboxylic acids is 1. The van der Waals surface area contributed by atoms with Gasteiger partial charge >= 0.3 is 0 Å². The number of aromatic nitrogens is 2. The third-order valence-electron chi connectivity index (χ3n) is 3.81. The van der Waals surface area contributed by atoms with E-state index in [9.17, 15) is 4.79 Å². The molecule has 1 aromatic rings. The Balaban J connectivity index is 1.88. The number of fused-ring (bicyclic) bond motifs is 2. The summed E-state index contributed by atoms with van der Waals surface area (Å²) in [5.74, 6) is 0.665. The molecule has 1 heterocycles. The van der Waals surface area contributed by atoms with E-state index >= 15 is 0 Å². The maximum Gasteiger partial charge on any atom is 0.224 e. The van der Waals surface area contributed by atoms with Gasteiger partial charge in [-0.15, -0.1) is 0 Å². The normalized spacial score (nSPS) is 31.7. The summed E-state index contributed by atoms with van der Waals surface area (Å²) in [6, 6.07) is -0.0326. The Kier molecular flexibility index (Phi) is 3.22. The average Bonchev–Trinajstić information content (AvgIpc) is 2.94. The highest BCUT2D eigenvalue weighted by atomic mass is 79.9. The molecule has 2 unspecified atom stereocenters. The van der Waals surface area contributed by atoms with Crippen molar-refractivity contribution in [1.82, 2.24) is 9.97 Å². The number of hydrogen-bond acceptors (Lipinski definition) is 4. The van der Waals surface area contributed by atoms with E-state index in [1.165, 1.54) is 0 Å². The lowest BCUT2D eigenvalue weighted by Crippen LogP contribution is -2.41. The lowest BCUT2D eigenvalue weighted by molar-refractivity contribution is -0.122. The van der Waals surface area contributed by atoms with Gasteiger partial charge in [0.1, 0.15) is 5.82 Å². The van der Waals surface area contributed by atoms with Gasteiger partial charge in [-0.3, -0.25) is 4.79 Å². The Labute approximate surface area is 123 Å². The van der Waals surface area contributed by atoms with Gasteiger partial charge in [-0.25, -0.2) is 4.98 Å². The van der Waals surface area contributed by atoms with Crippen LogP contribution in [0.2, 0.25) is 5.28 Å². The van der Waals surface area contributed by atoms with E-state index in [1.807, 2.05) is 0 Å². The highest BCUT2D eigenvalue weighted by molar-refractivity contribution is 9.10. The summed E-state index contributed by atoms with van der Waals surface area (Å²) in [6.07, 6.45) is 6.76. The largest absolute Gasteiger partial charge is 0.369 e. The molecule has 0 aliphatic heterocycles. The molecule has 7 heteroatoms. The summed E-state index contributed by atoms with van der Waals surface area (Å²) >= 11 is 9.16. The van der Waals surface area contributed by atoms with E-state index in [0.29, 0.717) is 16.2 Å². The van der Waals surface area contributed by atoms with Crippen molar-refractivity contribution in [2.24, 2.45) is 23.5 Å². The molecule has 3 N–H and O–H groups in total. The quantitative estimate of drug-likeness (QED) is 0.649. The Morgan fingerprint density at radius 2 is 2.21 bits per heavy atom. The van der Waals surface area contributed by atoms with Gasteiger partial charge < -0.3 is 11.1 Å². The van der Waals surface area contributed by atoms with E-state index in [2.05, 4.69) is 43.4 Å². The van der Waals surface area contributed by atoms with Gasteiger partial charge in [-0.2, -0.15) is 4.98 Å². The summed E-state index contributed by atoms with van der Waals surface area (Å²) in [5.41, 5.74) is 5.51. The Morgan fingerprint density at radius 1 is 1.47 bits per heavy atom. The van der Waals surface area contributed by atoms with Gasteiger partial charge in [-0.05, 0) is 45.8 Å². The Hall–Kier alpha value is -1.14. The van der Waals surface area contributed by atoms with Crippen molar-refractivity contribution in [3.8, 4) is 0 Å². The van der Waals surface area contributed by atoms with Gasteiger partial charge in [0.05, 0.1) is 10.4 Å². The summed E-state index contributed by atoms with van der Waals surface area (Å²) in [4.78, 5) is 19.6. The van der Waals surface area contributed by atoms with E-state index in [-0.39, 0.29) is 29.1 Å². The number of nitrogens with two attached hydrogens (primary N) is 1. The highest BCUT2D eigenvalue weighted by Crippen LogP contribution is 2.45. The number of primary amides is 1. The Bertz CT molecular complexity index is 565. The summed E-state index contributed by atoms with van der Waals surface area (Å²) in [7, 11) is 0. The molecular weight excluding hydrogens is 332 g/mol. The van der Waals surface area contributed by atoms with E-state index in [1.54, 1.807) is 6.20 Å². The van der Waals surface area contributed by atoms with Gasteiger partial charge in [0.25, 0.3) is 0 Å². The topological polar surface area (TPSA) is 80.9 Å². The maximum absolute atomic E-state index is 11.6. The number of allylic oxidation sites excluding steroid dienone is 1. The molecule has 2 aliphatic carbocycles. The molecule has 0 spiro atoms. The van der Waals surface area contributed by atoms with Crippen LogP contribution in [-0.4, -0.2) is 21.9 Å². The van der Waals surface area contributed by atoms with Crippen molar-refractivity contribution < 1.29 is 4.79 Å². The predicted octanol–water partition coefficient (Wildman–Crippen LogP) is 1.98. The standard InChI is InChI=1S/C12H12BrClN4O/c13-7-4-16-12(14)18-11(7)17-9-6-2-1-5(3-6)8(9)10(15)19/h1-2,4-6,8-9H,3H2,(H2,15,19)(H,16,17,18)/t5?,6?,8-,9+/m0/s1. The first-order valence-electron chi connectivity index (χ1n) is 5.98. The van der Waals surface area contributed by atoms with Gasteiger partial charge in [0, 0.05) is 12.2 Å². The SMILES string of the molecule is NC(=O)[C@H]1C2C=CC(C2)[C@H]1Nc1nc(Cl)ncc1Br. The van der Waals surface area contributed by atoms with Crippen molar-refractivity contribution in [2.45, 2.75) is 12.5 Å². The minimum atomic E-state index is -0.273. The van der Waals surface area contributed by atoms with Crippen LogP contribution in [-0.2, 0) is 4.79 Å². The first-order valence-corrected chi connectivity index (χ1v) is 7.15. The predicted molar refractivity (Wildman–Crippen MR) is 75.6 cm³/mol. The molecule has 1 aromatic heterocycles. The second kappa shape index (κ2) is 4.76. The Morgan fingerprint density at radius 3 is 2.95 bits per heavy atom. The first kappa shape index (κ1) is 12.9. The second-order valence-corrected chi connectivity index (χ2v) is 6.07. The second-order valence-electron chi connectivity index (χ2n) is 4.88. The molecule has 1 amide bonds. The third kappa shape index (κ3) is 2.23. The number of carbonyl (C=O) groups is 1. The highest BCUT2D eigenvalue weighted by Gasteiger charge is 2.47. The molecular formula is C12H12BrClN4O. The number of rotatable bonds is 3. The van der Waals surface area contributed by atoms with Crippen LogP contribution in [0, 0.1) is 17.8 Å². The summed E-state index contributed by atoms with van der Waals surface area (Å²) in [6.45, 7) is 0. The molecule has 1 saturated carbocycles. The lowest BCUT2D eigenvalue weighted by Gasteiger charge is -2.27. The van der Waals surface area contributed by atoms with Crippen molar-refractivity contribution in [2.75, 3.05) is 5.32 Å². The van der Waals surface area contributed by atoms with E-state index in [4.69, 9.17) is 17.3 Å². The monoisotopic (exact) mass is 342 g/mol. The maximum atomic E-state index is 11.6. The average molecular weight is 344 g/mol. The van der Waals surface area contributed by atoms with Crippen molar-refractivity contribution >= 4 is 39.3 Å². The molecule has 0 aromatic carbocycles. The molecule has 100 valence electrons. The molecule has 0 radical (unpaired) electrons. The fraction of sp³-hybridized carbons (Fsp3) is 0.417. The molecule has 1 fully saturated rings. The fourth-order valence-electron chi connectivity index (χ4n) is 3.01. The van der Waals surface area contributed by atoms with Crippen LogP contribution < -0.4 is 11.1 Å². The zero-order valence-corrected chi connectivity index (χ0v) is 12.2. The van der Waals surface area contributed by atoms with Gasteiger partial charge in [0.2, 0.25) is 11.2 Å². The number of nitrogens with one attached hydrogen (secondary N) is 1. The molecule has 2 bridgehead atoms. The molecule has 4 atom stereocenters. The number of amides is 1. The molecule has 0 saturated heterocycles. The summed E-state index contributed by atoms with van der Waals surface area (Å²) < 4.78 is 0.715. The van der Waals surface area contributed by atoms with Crippen molar-refractivity contribution in [3.05, 3.63) is 28.1 Å². The molecule has 5 nitrogen and oxygen atoms in total.